The molecule has 1 aliphatic rings. The number of rotatable bonds is 66. The molecule has 11 nitrogen and oxygen atoms in total. The zero-order valence-corrected chi connectivity index (χ0v) is 57.2. The monoisotopic (exact) mass is 1240 g/mol. The van der Waals surface area contributed by atoms with Gasteiger partial charge in [-0.15, -0.1) is 0 Å². The smallest absolute Gasteiger partial charge is 0.305 e. The minimum absolute atomic E-state index is 0.000523. The molecule has 7 unspecified atom stereocenters. The van der Waals surface area contributed by atoms with Gasteiger partial charge in [0.05, 0.1) is 32.0 Å². The van der Waals surface area contributed by atoms with Crippen LogP contribution in [0.5, 0.6) is 0 Å². The number of aliphatic hydroxyl groups is 5. The first-order valence-electron chi connectivity index (χ1n) is 37.6. The molecular weight excluding hydrogens is 1100 g/mol. The SMILES string of the molecule is CCCCCC/C=C\C/C=C\CCCCCCCCCC(=O)OCCCCCCCCCCC/C=C\C/C=C\CCCCCCCCCCCCCCCCCCCC(=O)NC(COC1OC(CO)C(O)C(O)C1O)C(O)/C=C/CCCCCCCCC. The molecule has 0 aromatic rings. The largest absolute Gasteiger partial charge is 0.466 e. The van der Waals surface area contributed by atoms with Crippen molar-refractivity contribution >= 4 is 11.9 Å². The molecule has 1 heterocycles. The number of hydrogen-bond donors (Lipinski definition) is 6. The summed E-state index contributed by atoms with van der Waals surface area (Å²) >= 11 is 0. The van der Waals surface area contributed by atoms with Gasteiger partial charge in [0.2, 0.25) is 5.91 Å². The van der Waals surface area contributed by atoms with E-state index in [1.165, 1.54) is 257 Å². The highest BCUT2D eigenvalue weighted by Gasteiger charge is 2.44. The number of carbonyl (C=O) groups is 2. The van der Waals surface area contributed by atoms with Gasteiger partial charge in [0.15, 0.2) is 6.29 Å². The van der Waals surface area contributed by atoms with Gasteiger partial charge in [-0.3, -0.25) is 9.59 Å². The first kappa shape index (κ1) is 83.4. The number of esters is 1. The Kier molecular flexibility index (Phi) is 62.4. The Morgan fingerprint density at radius 1 is 0.420 bits per heavy atom. The molecule has 7 atom stereocenters. The van der Waals surface area contributed by atoms with Gasteiger partial charge in [-0.2, -0.15) is 0 Å². The van der Waals surface area contributed by atoms with Gasteiger partial charge in [0, 0.05) is 12.8 Å². The Morgan fingerprint density at radius 2 is 0.761 bits per heavy atom. The molecule has 1 amide bonds. The minimum Gasteiger partial charge on any atom is -0.466 e. The summed E-state index contributed by atoms with van der Waals surface area (Å²) in [5.41, 5.74) is 0. The average Bonchev–Trinajstić information content (AvgIpc) is 2.57. The Hall–Kier alpha value is -2.64. The maximum Gasteiger partial charge on any atom is 0.305 e. The Balaban J connectivity index is 1.89. The van der Waals surface area contributed by atoms with Crippen molar-refractivity contribution in [3.05, 3.63) is 60.8 Å². The van der Waals surface area contributed by atoms with Crippen LogP contribution in [0.2, 0.25) is 0 Å². The van der Waals surface area contributed by atoms with E-state index in [0.717, 1.165) is 70.6 Å². The van der Waals surface area contributed by atoms with Crippen LogP contribution in [0, 0.1) is 0 Å². The molecule has 1 aliphatic heterocycles. The molecule has 1 rings (SSSR count). The third-order valence-corrected chi connectivity index (χ3v) is 17.6. The first-order chi connectivity index (χ1) is 43.2. The normalized spacial score (nSPS) is 18.1. The number of amides is 1. The summed E-state index contributed by atoms with van der Waals surface area (Å²) in [7, 11) is 0. The fourth-order valence-corrected chi connectivity index (χ4v) is 11.7. The van der Waals surface area contributed by atoms with Crippen LogP contribution in [0.25, 0.3) is 0 Å². The average molecular weight is 1240 g/mol. The van der Waals surface area contributed by atoms with Crippen molar-refractivity contribution < 1.29 is 49.3 Å². The third kappa shape index (κ3) is 54.0. The van der Waals surface area contributed by atoms with E-state index < -0.39 is 49.5 Å². The van der Waals surface area contributed by atoms with Crippen molar-refractivity contribution in [2.75, 3.05) is 19.8 Å². The molecule has 514 valence electrons. The fourth-order valence-electron chi connectivity index (χ4n) is 11.7. The molecule has 11 heteroatoms. The topological polar surface area (TPSA) is 175 Å². The number of aliphatic hydroxyl groups excluding tert-OH is 5. The number of nitrogens with one attached hydrogen (secondary N) is 1. The highest BCUT2D eigenvalue weighted by atomic mass is 16.7. The maximum absolute atomic E-state index is 13.0. The van der Waals surface area contributed by atoms with E-state index >= 15 is 0 Å². The Labute approximate surface area is 541 Å². The van der Waals surface area contributed by atoms with E-state index in [0.29, 0.717) is 19.4 Å². The van der Waals surface area contributed by atoms with Gasteiger partial charge in [-0.05, 0) is 96.3 Å². The molecule has 1 fully saturated rings. The molecule has 1 saturated heterocycles. The van der Waals surface area contributed by atoms with Gasteiger partial charge < -0.3 is 45.1 Å². The lowest BCUT2D eigenvalue weighted by molar-refractivity contribution is -0.302. The third-order valence-electron chi connectivity index (χ3n) is 17.6. The van der Waals surface area contributed by atoms with Gasteiger partial charge in [-0.1, -0.05) is 306 Å². The van der Waals surface area contributed by atoms with Crippen LogP contribution in [0.1, 0.15) is 354 Å². The number of allylic oxidation sites excluding steroid dienone is 9. The van der Waals surface area contributed by atoms with E-state index in [1.54, 1.807) is 6.08 Å². The lowest BCUT2D eigenvalue weighted by Gasteiger charge is -2.40. The lowest BCUT2D eigenvalue weighted by atomic mass is 9.99. The van der Waals surface area contributed by atoms with Crippen LogP contribution in [0.4, 0.5) is 0 Å². The summed E-state index contributed by atoms with van der Waals surface area (Å²) in [6.07, 6.45) is 78.2. The van der Waals surface area contributed by atoms with Gasteiger partial charge in [0.1, 0.15) is 24.4 Å². The zero-order chi connectivity index (χ0) is 63.7. The van der Waals surface area contributed by atoms with Gasteiger partial charge in [0.25, 0.3) is 0 Å². The summed E-state index contributed by atoms with van der Waals surface area (Å²) in [6, 6.07) is -0.808. The molecule has 0 aromatic heterocycles. The van der Waals surface area contributed by atoms with Crippen LogP contribution in [0.3, 0.4) is 0 Å². The molecule has 6 N–H and O–H groups in total. The molecule has 0 bridgehead atoms. The van der Waals surface area contributed by atoms with Crippen LogP contribution in [-0.2, 0) is 23.8 Å². The highest BCUT2D eigenvalue weighted by Crippen LogP contribution is 2.23. The molecule has 0 spiro atoms. The Morgan fingerprint density at radius 3 is 1.16 bits per heavy atom. The molecular formula is C77H141NO10. The van der Waals surface area contributed by atoms with Crippen molar-refractivity contribution in [3.8, 4) is 0 Å². The standard InChI is InChI=1S/C77H141NO10/c1-3-5-7-9-11-13-14-15-16-17-36-39-42-45-49-53-57-61-65-73(82)86-66-62-58-54-50-46-43-40-37-34-32-30-28-26-24-22-20-18-19-21-23-25-27-29-31-33-35-38-41-44-48-52-56-60-64-72(81)78-69(70(80)63-59-55-51-47-12-10-8-6-4-2)68-87-77-76(85)75(84)74(83)71(67-79)88-77/h13-14,16-17,22,24,28,30,59,63,69-71,74-77,79-80,83-85H,3-12,15,18-21,23,25-27,29,31-58,60-62,64-68H2,1-2H3,(H,78,81)/b14-13-,17-16-,24-22-,30-28-,63-59+. The fraction of sp³-hybridized carbons (Fsp3) is 0.844. The predicted octanol–water partition coefficient (Wildman–Crippen LogP) is 19.7. The lowest BCUT2D eigenvalue weighted by Crippen LogP contribution is -2.60. The van der Waals surface area contributed by atoms with Crippen LogP contribution >= 0.6 is 0 Å². The summed E-state index contributed by atoms with van der Waals surface area (Å²) in [5.74, 6) is -0.182. The van der Waals surface area contributed by atoms with Crippen molar-refractivity contribution in [3.63, 3.8) is 0 Å². The maximum atomic E-state index is 13.0. The second-order valence-corrected chi connectivity index (χ2v) is 26.0. The summed E-state index contributed by atoms with van der Waals surface area (Å²) in [4.78, 5) is 25.1. The predicted molar refractivity (Wildman–Crippen MR) is 370 cm³/mol. The van der Waals surface area contributed by atoms with Crippen molar-refractivity contribution in [2.24, 2.45) is 0 Å². The number of ether oxygens (including phenoxy) is 3. The van der Waals surface area contributed by atoms with Crippen LogP contribution < -0.4 is 5.32 Å². The van der Waals surface area contributed by atoms with Crippen molar-refractivity contribution in [1.82, 2.24) is 5.32 Å². The van der Waals surface area contributed by atoms with E-state index in [1.807, 2.05) is 6.08 Å². The summed E-state index contributed by atoms with van der Waals surface area (Å²) < 4.78 is 16.7. The molecule has 0 radical (unpaired) electrons. The van der Waals surface area contributed by atoms with E-state index in [-0.39, 0.29) is 18.5 Å². The van der Waals surface area contributed by atoms with E-state index in [9.17, 15) is 35.1 Å². The molecule has 0 saturated carbocycles. The van der Waals surface area contributed by atoms with E-state index in [4.69, 9.17) is 14.2 Å². The summed E-state index contributed by atoms with van der Waals surface area (Å²) in [6.45, 7) is 4.32. The molecule has 0 aromatic carbocycles. The highest BCUT2D eigenvalue weighted by molar-refractivity contribution is 5.76. The molecule has 0 aliphatic carbocycles. The second-order valence-electron chi connectivity index (χ2n) is 26.0. The second kappa shape index (κ2) is 65.8. The minimum atomic E-state index is -1.57. The zero-order valence-electron chi connectivity index (χ0n) is 57.2. The quantitative estimate of drug-likeness (QED) is 0.0195. The summed E-state index contributed by atoms with van der Waals surface area (Å²) in [5, 5.41) is 54.3. The number of carbonyl (C=O) groups excluding carboxylic acids is 2. The van der Waals surface area contributed by atoms with Gasteiger partial charge in [-0.25, -0.2) is 0 Å². The van der Waals surface area contributed by atoms with Crippen LogP contribution in [-0.4, -0.2) is 100 Å². The number of unbranched alkanes of at least 4 members (excludes halogenated alkanes) is 44. The van der Waals surface area contributed by atoms with Crippen LogP contribution in [0.15, 0.2) is 60.8 Å². The Bertz CT molecular complexity index is 1650. The van der Waals surface area contributed by atoms with Gasteiger partial charge >= 0.3 is 5.97 Å². The molecule has 88 heavy (non-hydrogen) atoms. The first-order valence-corrected chi connectivity index (χ1v) is 37.6. The van der Waals surface area contributed by atoms with Crippen molar-refractivity contribution in [2.45, 2.75) is 397 Å². The van der Waals surface area contributed by atoms with E-state index in [2.05, 4.69) is 67.8 Å². The van der Waals surface area contributed by atoms with Crippen molar-refractivity contribution in [1.29, 1.82) is 0 Å². The number of hydrogen-bond acceptors (Lipinski definition) is 10.